The van der Waals surface area contributed by atoms with Crippen LogP contribution < -0.4 is 4.89 Å². The van der Waals surface area contributed by atoms with Gasteiger partial charge in [-0.1, -0.05) is 334 Å². The lowest BCUT2D eigenvalue weighted by molar-refractivity contribution is -0.870. The van der Waals surface area contributed by atoms with Crippen molar-refractivity contribution in [3.63, 3.8) is 0 Å². The van der Waals surface area contributed by atoms with Gasteiger partial charge >= 0.3 is 11.9 Å². The van der Waals surface area contributed by atoms with Gasteiger partial charge in [-0.2, -0.15) is 0 Å². The predicted octanol–water partition coefficient (Wildman–Crippen LogP) is 24.8. The molecule has 0 aliphatic rings. The topological polar surface area (TPSA) is 111 Å². The SMILES string of the molecule is CC/C=C\C/C=C\C/C=C\C/C=C\C/C=C\C/C=C\C/C=C\C/C=C\CCCCCCCCCCCCCCCCCCC(=O)OC(COC(=O)CCCCCCCCCCCCCCCCC/C=C\C/C=C\CCCCCCC)COP(=O)([O-])OCC[N+](C)(C)C. The number of quaternary nitrogens is 1. The molecule has 9 nitrogen and oxygen atoms in total. The summed E-state index contributed by atoms with van der Waals surface area (Å²) in [5.74, 6) is -0.824. The van der Waals surface area contributed by atoms with E-state index in [0.717, 1.165) is 96.3 Å². The van der Waals surface area contributed by atoms with E-state index in [2.05, 4.69) is 135 Å². The minimum atomic E-state index is -4.65. The maximum absolute atomic E-state index is 12.9. The number of esters is 2. The highest BCUT2D eigenvalue weighted by Gasteiger charge is 2.22. The molecule has 0 saturated carbocycles. The minimum absolute atomic E-state index is 0.0332. The first-order valence-corrected chi connectivity index (χ1v) is 39.7. The van der Waals surface area contributed by atoms with Crippen LogP contribution in [0.5, 0.6) is 0 Å². The lowest BCUT2D eigenvalue weighted by atomic mass is 10.0. The van der Waals surface area contributed by atoms with E-state index in [-0.39, 0.29) is 32.0 Å². The number of allylic oxidation sites excluding steroid dienone is 20. The van der Waals surface area contributed by atoms with Crippen molar-refractivity contribution in [2.75, 3.05) is 47.5 Å². The summed E-state index contributed by atoms with van der Waals surface area (Å²) < 4.78 is 34.4. The van der Waals surface area contributed by atoms with Crippen molar-refractivity contribution in [2.24, 2.45) is 0 Å². The fourth-order valence-corrected chi connectivity index (χ4v) is 11.4. The Morgan fingerprint density at radius 1 is 0.348 bits per heavy atom. The molecule has 2 atom stereocenters. The number of nitrogens with zero attached hydrogens (tertiary/aromatic N) is 1. The number of hydrogen-bond acceptors (Lipinski definition) is 8. The molecular weight excluding hydrogens is 1160 g/mol. The second-order valence-electron chi connectivity index (χ2n) is 26.6. The largest absolute Gasteiger partial charge is 0.756 e. The Balaban J connectivity index is 3.99. The normalized spacial score (nSPS) is 13.8. The molecule has 0 amide bonds. The van der Waals surface area contributed by atoms with Gasteiger partial charge in [-0.15, -0.1) is 0 Å². The van der Waals surface area contributed by atoms with Crippen LogP contribution in [0.1, 0.15) is 335 Å². The van der Waals surface area contributed by atoms with Gasteiger partial charge in [0, 0.05) is 12.8 Å². The van der Waals surface area contributed by atoms with Crippen molar-refractivity contribution < 1.29 is 42.1 Å². The third kappa shape index (κ3) is 75.4. The standard InChI is InChI=1S/C82H144NO8P/c1-6-8-10-12-14-16-18-20-22-24-26-28-30-32-34-35-36-37-38-39-40-41-42-43-44-45-46-47-49-51-53-55-57-59-61-63-65-67-69-71-73-75-82(85)91-80(79-90-92(86,87)89-77-76-83(3,4)5)78-88-81(84)74-72-70-68-66-64-62-60-58-56-54-52-50-48-33-31-29-27-25-23-21-19-17-15-13-11-9-7-2/h8,10,14,16,19-22,25-28,32,34,36-37,39-40,42-43,80H,6-7,9,11-13,15,17-18,23-24,29-31,33,35,38,41,44-79H2,1-5H3/b10-8-,16-14-,21-19-,22-20-,27-25-,28-26-,34-32-,37-36-,40-39-,43-42-. The summed E-state index contributed by atoms with van der Waals surface area (Å²) in [6, 6.07) is 0. The molecule has 0 aliphatic heterocycles. The zero-order valence-corrected chi connectivity index (χ0v) is 61.4. The molecule has 0 saturated heterocycles. The molecule has 10 heteroatoms. The molecule has 0 aromatic carbocycles. The van der Waals surface area contributed by atoms with Crippen LogP contribution in [0.15, 0.2) is 122 Å². The van der Waals surface area contributed by atoms with Crippen LogP contribution in [0.4, 0.5) is 0 Å². The predicted molar refractivity (Wildman–Crippen MR) is 397 cm³/mol. The lowest BCUT2D eigenvalue weighted by Gasteiger charge is -2.28. The first kappa shape index (κ1) is 88.4. The molecule has 0 aromatic heterocycles. The van der Waals surface area contributed by atoms with E-state index >= 15 is 0 Å². The molecule has 0 heterocycles. The number of carbonyl (C=O) groups excluding carboxylic acids is 2. The highest BCUT2D eigenvalue weighted by Crippen LogP contribution is 2.38. The molecule has 0 rings (SSSR count). The number of carbonyl (C=O) groups is 2. The molecule has 0 radical (unpaired) electrons. The first-order chi connectivity index (χ1) is 45.0. The van der Waals surface area contributed by atoms with Gasteiger partial charge in [-0.25, -0.2) is 0 Å². The molecule has 0 fully saturated rings. The molecule has 92 heavy (non-hydrogen) atoms. The fourth-order valence-electron chi connectivity index (χ4n) is 10.6. The monoisotopic (exact) mass is 1300 g/mol. The number of ether oxygens (including phenoxy) is 2. The summed E-state index contributed by atoms with van der Waals surface area (Å²) in [4.78, 5) is 38.1. The van der Waals surface area contributed by atoms with Crippen LogP contribution in [0.3, 0.4) is 0 Å². The Kier molecular flexibility index (Phi) is 68.9. The maximum Gasteiger partial charge on any atom is 0.306 e. The molecule has 2 unspecified atom stereocenters. The Hall–Kier alpha value is -3.59. The quantitative estimate of drug-likeness (QED) is 0.0195. The van der Waals surface area contributed by atoms with Crippen LogP contribution in [-0.4, -0.2) is 70.0 Å². The Morgan fingerprint density at radius 3 is 0.924 bits per heavy atom. The number of unbranched alkanes of at least 4 members (excludes halogenated alkanes) is 36. The van der Waals surface area contributed by atoms with Gasteiger partial charge in [-0.3, -0.25) is 14.2 Å². The van der Waals surface area contributed by atoms with Gasteiger partial charge in [0.2, 0.25) is 0 Å². The number of likely N-dealkylation sites (N-methyl/N-ethyl adjacent to an activating group) is 1. The number of phosphoric ester groups is 1. The average Bonchev–Trinajstić information content (AvgIpc) is 2.23. The van der Waals surface area contributed by atoms with E-state index in [1.165, 1.54) is 205 Å². The van der Waals surface area contributed by atoms with Crippen LogP contribution in [0.25, 0.3) is 0 Å². The van der Waals surface area contributed by atoms with Crippen molar-refractivity contribution >= 4 is 19.8 Å². The van der Waals surface area contributed by atoms with Gasteiger partial charge < -0.3 is 27.9 Å². The van der Waals surface area contributed by atoms with Crippen molar-refractivity contribution in [3.8, 4) is 0 Å². The summed E-state index contributed by atoms with van der Waals surface area (Å²) in [5.41, 5.74) is 0. The highest BCUT2D eigenvalue weighted by molar-refractivity contribution is 7.45. The molecule has 0 aromatic rings. The Labute approximate surface area is 568 Å². The van der Waals surface area contributed by atoms with Crippen molar-refractivity contribution in [1.29, 1.82) is 0 Å². The summed E-state index contributed by atoms with van der Waals surface area (Å²) in [7, 11) is 1.17. The maximum atomic E-state index is 12.9. The van der Waals surface area contributed by atoms with Gasteiger partial charge in [0.15, 0.2) is 6.10 Å². The van der Waals surface area contributed by atoms with Gasteiger partial charge in [0.25, 0.3) is 7.82 Å². The summed E-state index contributed by atoms with van der Waals surface area (Å²) in [6.07, 6.45) is 103. The van der Waals surface area contributed by atoms with E-state index in [0.29, 0.717) is 17.4 Å². The van der Waals surface area contributed by atoms with E-state index in [9.17, 15) is 19.0 Å². The number of rotatable bonds is 70. The minimum Gasteiger partial charge on any atom is -0.756 e. The van der Waals surface area contributed by atoms with E-state index in [4.69, 9.17) is 18.5 Å². The first-order valence-electron chi connectivity index (χ1n) is 38.2. The summed E-state index contributed by atoms with van der Waals surface area (Å²) in [6.45, 7) is 4.15. The average molecular weight is 1300 g/mol. The van der Waals surface area contributed by atoms with Crippen LogP contribution in [-0.2, 0) is 32.7 Å². The van der Waals surface area contributed by atoms with Crippen LogP contribution in [0.2, 0.25) is 0 Å². The third-order valence-corrected chi connectivity index (χ3v) is 17.4. The fraction of sp³-hybridized carbons (Fsp3) is 0.732. The molecule has 530 valence electrons. The van der Waals surface area contributed by atoms with Crippen molar-refractivity contribution in [2.45, 2.75) is 341 Å². The van der Waals surface area contributed by atoms with Gasteiger partial charge in [-0.05, 0) is 109 Å². The van der Waals surface area contributed by atoms with Gasteiger partial charge in [0.05, 0.1) is 27.7 Å². The van der Waals surface area contributed by atoms with Gasteiger partial charge in [0.1, 0.15) is 19.8 Å². The van der Waals surface area contributed by atoms with Crippen LogP contribution >= 0.6 is 7.82 Å². The van der Waals surface area contributed by atoms with Crippen LogP contribution in [0, 0.1) is 0 Å². The molecular formula is C82H144NO8P. The van der Waals surface area contributed by atoms with Crippen molar-refractivity contribution in [3.05, 3.63) is 122 Å². The molecule has 0 spiro atoms. The van der Waals surface area contributed by atoms with Crippen molar-refractivity contribution in [1.82, 2.24) is 0 Å². The second kappa shape index (κ2) is 71.7. The summed E-state index contributed by atoms with van der Waals surface area (Å²) in [5, 5.41) is 0. The smallest absolute Gasteiger partial charge is 0.306 e. The molecule has 0 bridgehead atoms. The van der Waals surface area contributed by atoms with E-state index < -0.39 is 26.5 Å². The second-order valence-corrected chi connectivity index (χ2v) is 28.0. The zero-order chi connectivity index (χ0) is 66.9. The van der Waals surface area contributed by atoms with E-state index in [1.807, 2.05) is 21.1 Å². The van der Waals surface area contributed by atoms with E-state index in [1.54, 1.807) is 0 Å². The number of hydrogen-bond donors (Lipinski definition) is 0. The lowest BCUT2D eigenvalue weighted by Crippen LogP contribution is -2.37. The Bertz CT molecular complexity index is 1970. The number of phosphoric acid groups is 1. The molecule has 0 aliphatic carbocycles. The summed E-state index contributed by atoms with van der Waals surface area (Å²) >= 11 is 0. The third-order valence-electron chi connectivity index (χ3n) is 16.5. The zero-order valence-electron chi connectivity index (χ0n) is 60.5. The highest BCUT2D eigenvalue weighted by atomic mass is 31.2. The Morgan fingerprint density at radius 2 is 0.620 bits per heavy atom. The molecule has 0 N–H and O–H groups in total.